The van der Waals surface area contributed by atoms with E-state index in [9.17, 15) is 9.59 Å². The Balaban J connectivity index is 1.56. The lowest BCUT2D eigenvalue weighted by atomic mass is 10.1. The molecule has 0 unspecified atom stereocenters. The van der Waals surface area contributed by atoms with Gasteiger partial charge in [-0.3, -0.25) is 14.0 Å². The van der Waals surface area contributed by atoms with Crippen LogP contribution in [-0.2, 0) is 0 Å². The number of rotatable bonds is 4. The average molecular weight is 357 g/mol. The number of ketones is 1. The standard InChI is InChI=1S/C20H15N5O2/c1-13(26)16-4-2-5-17(12-16)22-19(27)15-8-6-14(7-9-15)18-23-24-20-21-10-3-11-25(18)20/h2-12H,1H3,(H,22,27). The van der Waals surface area contributed by atoms with E-state index in [-0.39, 0.29) is 11.7 Å². The number of carbonyl (C=O) groups is 2. The van der Waals surface area contributed by atoms with Crippen molar-refractivity contribution in [1.29, 1.82) is 0 Å². The molecule has 27 heavy (non-hydrogen) atoms. The molecule has 0 atom stereocenters. The maximum absolute atomic E-state index is 12.5. The molecule has 132 valence electrons. The molecule has 0 bridgehead atoms. The van der Waals surface area contributed by atoms with Crippen LogP contribution in [0.15, 0.2) is 67.0 Å². The number of hydrogen-bond acceptors (Lipinski definition) is 5. The van der Waals surface area contributed by atoms with Crippen LogP contribution in [0.5, 0.6) is 0 Å². The number of nitrogens with zero attached hydrogens (tertiary/aromatic N) is 4. The molecule has 4 aromatic rings. The van der Waals surface area contributed by atoms with Crippen LogP contribution >= 0.6 is 0 Å². The van der Waals surface area contributed by atoms with E-state index < -0.39 is 0 Å². The van der Waals surface area contributed by atoms with Gasteiger partial charge in [0.15, 0.2) is 11.6 Å². The molecule has 0 saturated heterocycles. The first-order valence-corrected chi connectivity index (χ1v) is 8.30. The third-order valence-corrected chi connectivity index (χ3v) is 4.12. The lowest BCUT2D eigenvalue weighted by Crippen LogP contribution is -2.12. The smallest absolute Gasteiger partial charge is 0.255 e. The van der Waals surface area contributed by atoms with Crippen LogP contribution in [-0.4, -0.2) is 31.3 Å². The number of Topliss-reactive ketones (excluding diaryl/α,β-unsaturated/α-hetero) is 1. The summed E-state index contributed by atoms with van der Waals surface area (Å²) in [6, 6.07) is 15.7. The van der Waals surface area contributed by atoms with Crippen molar-refractivity contribution in [3.63, 3.8) is 0 Å². The molecule has 0 radical (unpaired) electrons. The fourth-order valence-electron chi connectivity index (χ4n) is 2.73. The molecule has 0 saturated carbocycles. The number of aromatic nitrogens is 4. The Labute approximate surface area is 154 Å². The van der Waals surface area contributed by atoms with Crippen molar-refractivity contribution >= 4 is 23.2 Å². The summed E-state index contributed by atoms with van der Waals surface area (Å²) in [7, 11) is 0. The van der Waals surface area contributed by atoms with Gasteiger partial charge in [0.25, 0.3) is 11.7 Å². The average Bonchev–Trinajstić information content (AvgIpc) is 3.12. The van der Waals surface area contributed by atoms with Crippen LogP contribution in [0.4, 0.5) is 5.69 Å². The zero-order valence-electron chi connectivity index (χ0n) is 14.5. The first-order valence-electron chi connectivity index (χ1n) is 8.30. The van der Waals surface area contributed by atoms with Crippen molar-refractivity contribution in [2.75, 3.05) is 5.32 Å². The fourth-order valence-corrected chi connectivity index (χ4v) is 2.73. The molecular formula is C20H15N5O2. The van der Waals surface area contributed by atoms with Crippen molar-refractivity contribution in [3.8, 4) is 11.4 Å². The highest BCUT2D eigenvalue weighted by atomic mass is 16.1. The molecule has 2 aromatic carbocycles. The largest absolute Gasteiger partial charge is 0.322 e. The SMILES string of the molecule is CC(=O)c1cccc(NC(=O)c2ccc(-c3nnc4ncccn34)cc2)c1. The summed E-state index contributed by atoms with van der Waals surface area (Å²) in [5.74, 6) is 0.861. The predicted octanol–water partition coefficient (Wildman–Crippen LogP) is 3.25. The molecule has 1 amide bonds. The summed E-state index contributed by atoms with van der Waals surface area (Å²) in [4.78, 5) is 28.1. The van der Waals surface area contributed by atoms with Crippen molar-refractivity contribution in [3.05, 3.63) is 78.1 Å². The normalized spacial score (nSPS) is 10.7. The first kappa shape index (κ1) is 16.6. The molecule has 7 heteroatoms. The van der Waals surface area contributed by atoms with Gasteiger partial charge in [0.2, 0.25) is 0 Å². The number of nitrogens with one attached hydrogen (secondary N) is 1. The van der Waals surface area contributed by atoms with E-state index in [0.717, 1.165) is 5.56 Å². The first-order chi connectivity index (χ1) is 13.1. The van der Waals surface area contributed by atoms with Crippen LogP contribution in [0.25, 0.3) is 17.2 Å². The van der Waals surface area contributed by atoms with Crippen molar-refractivity contribution in [2.24, 2.45) is 0 Å². The highest BCUT2D eigenvalue weighted by Gasteiger charge is 2.11. The van der Waals surface area contributed by atoms with Crippen LogP contribution < -0.4 is 5.32 Å². The topological polar surface area (TPSA) is 89.2 Å². The maximum Gasteiger partial charge on any atom is 0.255 e. The van der Waals surface area contributed by atoms with Gasteiger partial charge in [-0.25, -0.2) is 4.98 Å². The van der Waals surface area contributed by atoms with Crippen molar-refractivity contribution < 1.29 is 9.59 Å². The Morgan fingerprint density at radius 2 is 1.78 bits per heavy atom. The number of carbonyl (C=O) groups excluding carboxylic acids is 2. The van der Waals surface area contributed by atoms with Gasteiger partial charge in [-0.15, -0.1) is 10.2 Å². The Morgan fingerprint density at radius 3 is 2.56 bits per heavy atom. The molecule has 2 heterocycles. The lowest BCUT2D eigenvalue weighted by molar-refractivity contribution is 0.101. The summed E-state index contributed by atoms with van der Waals surface area (Å²) in [6.07, 6.45) is 3.49. The zero-order valence-corrected chi connectivity index (χ0v) is 14.5. The minimum Gasteiger partial charge on any atom is -0.322 e. The van der Waals surface area contributed by atoms with Crippen LogP contribution in [0, 0.1) is 0 Å². The van der Waals surface area contributed by atoms with E-state index in [1.807, 2.05) is 18.3 Å². The van der Waals surface area contributed by atoms with E-state index in [4.69, 9.17) is 0 Å². The van der Waals surface area contributed by atoms with E-state index >= 15 is 0 Å². The van der Waals surface area contributed by atoms with Gasteiger partial charge in [0.1, 0.15) is 0 Å². The molecule has 0 aliphatic heterocycles. The monoisotopic (exact) mass is 357 g/mol. The quantitative estimate of drug-likeness (QED) is 0.566. The molecule has 0 fully saturated rings. The summed E-state index contributed by atoms with van der Waals surface area (Å²) in [5.41, 5.74) is 2.45. The minimum atomic E-state index is -0.255. The van der Waals surface area contributed by atoms with Crippen molar-refractivity contribution in [2.45, 2.75) is 6.92 Å². The van der Waals surface area contributed by atoms with Crippen LogP contribution in [0.2, 0.25) is 0 Å². The van der Waals surface area contributed by atoms with Crippen molar-refractivity contribution in [1.82, 2.24) is 19.6 Å². The zero-order chi connectivity index (χ0) is 18.8. The fraction of sp³-hybridized carbons (Fsp3) is 0.0500. The maximum atomic E-state index is 12.5. The molecule has 4 rings (SSSR count). The van der Waals surface area contributed by atoms with Gasteiger partial charge >= 0.3 is 0 Å². The predicted molar refractivity (Wildman–Crippen MR) is 101 cm³/mol. The summed E-state index contributed by atoms with van der Waals surface area (Å²) in [5, 5.41) is 11.0. The Bertz CT molecular complexity index is 1150. The molecule has 1 N–H and O–H groups in total. The highest BCUT2D eigenvalue weighted by molar-refractivity contribution is 6.05. The van der Waals surface area contributed by atoms with Gasteiger partial charge < -0.3 is 5.32 Å². The second-order valence-electron chi connectivity index (χ2n) is 5.98. The number of amides is 1. The Hall–Kier alpha value is -3.87. The number of anilines is 1. The third kappa shape index (κ3) is 3.30. The van der Waals surface area contributed by atoms with E-state index in [2.05, 4.69) is 20.5 Å². The third-order valence-electron chi connectivity index (χ3n) is 4.12. The number of hydrogen-bond donors (Lipinski definition) is 1. The minimum absolute atomic E-state index is 0.0505. The van der Waals surface area contributed by atoms with Gasteiger partial charge in [0, 0.05) is 34.8 Å². The van der Waals surface area contributed by atoms with Gasteiger partial charge in [-0.2, -0.15) is 0 Å². The second kappa shape index (κ2) is 6.80. The number of benzene rings is 2. The van der Waals surface area contributed by atoms with Gasteiger partial charge in [0.05, 0.1) is 0 Å². The summed E-state index contributed by atoms with van der Waals surface area (Å²) in [6.45, 7) is 1.49. The molecular weight excluding hydrogens is 342 g/mol. The van der Waals surface area contributed by atoms with E-state index in [0.29, 0.717) is 28.4 Å². The Kier molecular flexibility index (Phi) is 4.18. The highest BCUT2D eigenvalue weighted by Crippen LogP contribution is 2.19. The van der Waals surface area contributed by atoms with Gasteiger partial charge in [-0.05, 0) is 37.3 Å². The lowest BCUT2D eigenvalue weighted by Gasteiger charge is -2.07. The molecule has 7 nitrogen and oxygen atoms in total. The molecule has 0 spiro atoms. The molecule has 0 aliphatic carbocycles. The second-order valence-corrected chi connectivity index (χ2v) is 5.98. The summed E-state index contributed by atoms with van der Waals surface area (Å²) >= 11 is 0. The molecule has 0 aliphatic rings. The number of fused-ring (bicyclic) bond motifs is 1. The van der Waals surface area contributed by atoms with Crippen LogP contribution in [0.1, 0.15) is 27.6 Å². The Morgan fingerprint density at radius 1 is 0.963 bits per heavy atom. The van der Waals surface area contributed by atoms with E-state index in [1.54, 1.807) is 53.1 Å². The summed E-state index contributed by atoms with van der Waals surface area (Å²) < 4.78 is 1.78. The molecule has 2 aromatic heterocycles. The van der Waals surface area contributed by atoms with E-state index in [1.165, 1.54) is 6.92 Å². The van der Waals surface area contributed by atoms with Gasteiger partial charge in [-0.1, -0.05) is 24.3 Å². The van der Waals surface area contributed by atoms with Crippen LogP contribution in [0.3, 0.4) is 0 Å².